The van der Waals surface area contributed by atoms with Crippen LogP contribution >= 0.6 is 22.6 Å². The number of carbonyl (C=O) groups excluding carboxylic acids is 3. The largest absolute Gasteiger partial charge is 0.456 e. The van der Waals surface area contributed by atoms with Crippen LogP contribution in [0.5, 0.6) is 0 Å². The van der Waals surface area contributed by atoms with Crippen LogP contribution in [0, 0.1) is 9.49 Å². The van der Waals surface area contributed by atoms with E-state index in [0.717, 1.165) is 17.4 Å². The lowest BCUT2D eigenvalue weighted by molar-refractivity contribution is -0.165. The summed E-state index contributed by atoms with van der Waals surface area (Å²) in [5.74, 6) is -0.741. The van der Waals surface area contributed by atoms with Crippen molar-refractivity contribution in [2.45, 2.75) is 58.2 Å². The molecule has 12 heteroatoms. The van der Waals surface area contributed by atoms with Gasteiger partial charge in [0.15, 0.2) is 24.3 Å². The van der Waals surface area contributed by atoms with Crippen molar-refractivity contribution >= 4 is 46.4 Å². The van der Waals surface area contributed by atoms with Gasteiger partial charge in [0.1, 0.15) is 0 Å². The first kappa shape index (κ1) is 22.5. The quantitative estimate of drug-likeness (QED) is 0.327. The van der Waals surface area contributed by atoms with E-state index >= 15 is 0 Å². The molecule has 1 saturated carbocycles. The number of esters is 2. The Labute approximate surface area is 185 Å². The van der Waals surface area contributed by atoms with Crippen LogP contribution in [0.15, 0.2) is 11.0 Å². The van der Waals surface area contributed by atoms with Crippen LogP contribution in [-0.4, -0.2) is 52.5 Å². The van der Waals surface area contributed by atoms with Gasteiger partial charge in [-0.1, -0.05) is 0 Å². The zero-order valence-corrected chi connectivity index (χ0v) is 18.8. The topological polar surface area (TPSA) is 135 Å². The molecule has 2 heterocycles. The van der Waals surface area contributed by atoms with E-state index in [4.69, 9.17) is 18.9 Å². The second-order valence-electron chi connectivity index (χ2n) is 7.17. The van der Waals surface area contributed by atoms with Crippen LogP contribution in [0.25, 0.3) is 0 Å². The molecule has 0 bridgehead atoms. The number of carbonyl (C=O) groups is 3. The smallest absolute Gasteiger partial charge is 0.412 e. The zero-order valence-electron chi connectivity index (χ0n) is 16.6. The molecule has 4 atom stereocenters. The number of amides is 1. The fraction of sp³-hybridized carbons (Fsp3) is 0.611. The molecule has 1 amide bonds. The van der Waals surface area contributed by atoms with Crippen LogP contribution in [0.2, 0.25) is 0 Å². The molecule has 0 radical (unpaired) electrons. The number of ether oxygens (including phenoxy) is 4. The summed E-state index contributed by atoms with van der Waals surface area (Å²) in [5.41, 5.74) is -0.745. The molecule has 0 spiro atoms. The molecular formula is C18H22IN3O8. The van der Waals surface area contributed by atoms with Crippen molar-refractivity contribution in [3.05, 3.63) is 20.3 Å². The minimum atomic E-state index is -1.06. The first-order valence-corrected chi connectivity index (χ1v) is 10.5. The zero-order chi connectivity index (χ0) is 22.0. The van der Waals surface area contributed by atoms with E-state index in [1.165, 1.54) is 20.0 Å². The van der Waals surface area contributed by atoms with E-state index in [2.05, 4.69) is 10.3 Å². The molecule has 2 fully saturated rings. The Balaban J connectivity index is 1.81. The monoisotopic (exact) mass is 535 g/mol. The van der Waals surface area contributed by atoms with Crippen molar-refractivity contribution < 1.29 is 33.3 Å². The Kier molecular flexibility index (Phi) is 6.95. The maximum Gasteiger partial charge on any atom is 0.412 e. The van der Waals surface area contributed by atoms with Gasteiger partial charge in [0.25, 0.3) is 0 Å². The lowest BCUT2D eigenvalue weighted by Crippen LogP contribution is -2.40. The molecule has 1 aliphatic carbocycles. The maximum absolute atomic E-state index is 12.6. The first-order valence-electron chi connectivity index (χ1n) is 9.38. The van der Waals surface area contributed by atoms with E-state index in [9.17, 15) is 19.2 Å². The molecule has 164 valence electrons. The average molecular weight is 535 g/mol. The highest BCUT2D eigenvalue weighted by molar-refractivity contribution is 14.1. The molecule has 30 heavy (non-hydrogen) atoms. The molecule has 3 rings (SSSR count). The van der Waals surface area contributed by atoms with Gasteiger partial charge >= 0.3 is 23.7 Å². The number of nitrogens with one attached hydrogen (secondary N) is 1. The normalized spacial score (nSPS) is 25.5. The number of hydrogen-bond acceptors (Lipinski definition) is 9. The van der Waals surface area contributed by atoms with Crippen LogP contribution < -0.4 is 11.0 Å². The summed E-state index contributed by atoms with van der Waals surface area (Å²) in [7, 11) is 0. The van der Waals surface area contributed by atoms with Crippen LogP contribution in [0.4, 0.5) is 10.6 Å². The average Bonchev–Trinajstić information content (AvgIpc) is 3.43. The van der Waals surface area contributed by atoms with Crippen molar-refractivity contribution in [3.8, 4) is 0 Å². The summed E-state index contributed by atoms with van der Waals surface area (Å²) in [6.07, 6.45) is -0.831. The van der Waals surface area contributed by atoms with Gasteiger partial charge in [0.2, 0.25) is 0 Å². The van der Waals surface area contributed by atoms with Gasteiger partial charge in [-0.15, -0.1) is 0 Å². The van der Waals surface area contributed by atoms with Gasteiger partial charge in [-0.05, 0) is 48.3 Å². The van der Waals surface area contributed by atoms with E-state index in [0.29, 0.717) is 16.1 Å². The second kappa shape index (κ2) is 9.29. The van der Waals surface area contributed by atoms with Gasteiger partial charge < -0.3 is 18.9 Å². The van der Waals surface area contributed by atoms with Gasteiger partial charge in [0.05, 0.1) is 16.3 Å². The SMILES string of the molecule is CC(=O)O[C@@H]1[C@H](OC(C)=O)[C@@H](C)O[C@H]1n1cc(I)c(NC(=O)OCC2CC2)nc1=O. The lowest BCUT2D eigenvalue weighted by Gasteiger charge is -2.23. The van der Waals surface area contributed by atoms with E-state index in [1.807, 2.05) is 22.6 Å². The molecule has 11 nitrogen and oxygen atoms in total. The fourth-order valence-corrected chi connectivity index (χ4v) is 3.58. The van der Waals surface area contributed by atoms with E-state index < -0.39 is 48.3 Å². The summed E-state index contributed by atoms with van der Waals surface area (Å²) >= 11 is 1.90. The van der Waals surface area contributed by atoms with Crippen LogP contribution in [0.1, 0.15) is 39.8 Å². The first-order chi connectivity index (χ1) is 14.2. The Morgan fingerprint density at radius 2 is 1.87 bits per heavy atom. The van der Waals surface area contributed by atoms with Crippen molar-refractivity contribution in [2.75, 3.05) is 11.9 Å². The van der Waals surface area contributed by atoms with Crippen molar-refractivity contribution in [1.82, 2.24) is 9.55 Å². The summed E-state index contributed by atoms with van der Waals surface area (Å²) in [5, 5.41) is 2.45. The van der Waals surface area contributed by atoms with Gasteiger partial charge in [0, 0.05) is 20.0 Å². The van der Waals surface area contributed by atoms with Crippen molar-refractivity contribution in [3.63, 3.8) is 0 Å². The Bertz CT molecular complexity index is 900. The molecule has 1 aromatic rings. The Hall–Kier alpha value is -2.22. The number of hydrogen-bond donors (Lipinski definition) is 1. The third-order valence-corrected chi connectivity index (χ3v) is 5.36. The van der Waals surface area contributed by atoms with Gasteiger partial charge in [-0.25, -0.2) is 9.59 Å². The molecule has 0 unspecified atom stereocenters. The lowest BCUT2D eigenvalue weighted by atomic mass is 10.1. The summed E-state index contributed by atoms with van der Waals surface area (Å²) in [6, 6.07) is 0. The summed E-state index contributed by atoms with van der Waals surface area (Å²) in [4.78, 5) is 51.4. The molecule has 1 aliphatic heterocycles. The summed E-state index contributed by atoms with van der Waals surface area (Å²) in [6.45, 7) is 4.40. The van der Waals surface area contributed by atoms with Gasteiger partial charge in [-0.3, -0.25) is 19.5 Å². The highest BCUT2D eigenvalue weighted by Gasteiger charge is 2.48. The Morgan fingerprint density at radius 1 is 1.23 bits per heavy atom. The third-order valence-electron chi connectivity index (χ3n) is 4.57. The van der Waals surface area contributed by atoms with Crippen molar-refractivity contribution in [1.29, 1.82) is 0 Å². The molecule has 0 aromatic carbocycles. The predicted molar refractivity (Wildman–Crippen MR) is 110 cm³/mol. The predicted octanol–water partition coefficient (Wildman–Crippen LogP) is 1.59. The third kappa shape index (κ3) is 5.47. The Morgan fingerprint density at radius 3 is 2.47 bits per heavy atom. The second-order valence-corrected chi connectivity index (χ2v) is 8.34. The van der Waals surface area contributed by atoms with Crippen LogP contribution in [0.3, 0.4) is 0 Å². The molecule has 2 aliphatic rings. The molecule has 1 saturated heterocycles. The molecule has 1 N–H and O–H groups in total. The maximum atomic E-state index is 12.6. The summed E-state index contributed by atoms with van der Waals surface area (Å²) < 4.78 is 22.9. The van der Waals surface area contributed by atoms with E-state index in [-0.39, 0.29) is 5.82 Å². The van der Waals surface area contributed by atoms with Crippen molar-refractivity contribution in [2.24, 2.45) is 5.92 Å². The highest BCUT2D eigenvalue weighted by atomic mass is 127. The fourth-order valence-electron chi connectivity index (χ4n) is 3.03. The standard InChI is InChI=1S/C18H22IN3O8/c1-8-13(29-9(2)23)14(30-10(3)24)16(28-8)22-6-12(19)15(20-17(22)25)21-18(26)27-7-11-4-5-11/h6,8,11,13-14,16H,4-5,7H2,1-3H3,(H,20,21,25,26)/t8-,13-,14-,16-/m1/s1. The van der Waals surface area contributed by atoms with Gasteiger partial charge in [-0.2, -0.15) is 4.98 Å². The minimum Gasteiger partial charge on any atom is -0.456 e. The number of halogens is 1. The minimum absolute atomic E-state index is 0.0456. The number of nitrogens with zero attached hydrogens (tertiary/aromatic N) is 2. The molecular weight excluding hydrogens is 513 g/mol. The number of anilines is 1. The van der Waals surface area contributed by atoms with Crippen LogP contribution in [-0.2, 0) is 28.5 Å². The molecule has 1 aromatic heterocycles. The van der Waals surface area contributed by atoms with E-state index in [1.54, 1.807) is 6.92 Å². The number of aromatic nitrogens is 2. The highest BCUT2D eigenvalue weighted by Crippen LogP contribution is 2.33. The number of rotatable bonds is 6.